The van der Waals surface area contributed by atoms with Crippen molar-refractivity contribution in [2.45, 2.75) is 25.7 Å². The Morgan fingerprint density at radius 2 is 1.35 bits per heavy atom. The minimum atomic E-state index is -0.152. The first-order chi connectivity index (χ1) is 22.5. The molecule has 0 fully saturated rings. The summed E-state index contributed by atoms with van der Waals surface area (Å²) in [6.45, 7) is 9.56. The molecule has 2 aromatic heterocycles. The molecule has 1 nitrogen and oxygen atoms in total. The summed E-state index contributed by atoms with van der Waals surface area (Å²) in [7, 11) is 0. The van der Waals surface area contributed by atoms with Gasteiger partial charge in [-0.05, 0) is 68.8 Å². The van der Waals surface area contributed by atoms with Gasteiger partial charge in [0.2, 0.25) is 0 Å². The van der Waals surface area contributed by atoms with Gasteiger partial charge >= 0.3 is 0 Å². The summed E-state index contributed by atoms with van der Waals surface area (Å²) in [5.41, 5.74) is 12.7. The lowest BCUT2D eigenvalue weighted by atomic mass is 9.76. The first-order valence-electron chi connectivity index (χ1n) is 16.1. The van der Waals surface area contributed by atoms with Gasteiger partial charge in [0, 0.05) is 41.9 Å². The molecule has 0 atom stereocenters. The van der Waals surface area contributed by atoms with Gasteiger partial charge in [-0.15, -0.1) is 11.3 Å². The van der Waals surface area contributed by atoms with Crippen LogP contribution in [0.3, 0.4) is 0 Å². The minimum absolute atomic E-state index is 0.152. The number of nitrogens with zero attached hydrogens (tertiary/aromatic N) is 1. The zero-order valence-electron chi connectivity index (χ0n) is 25.9. The summed E-state index contributed by atoms with van der Waals surface area (Å²) < 4.78 is 5.26. The van der Waals surface area contributed by atoms with E-state index in [9.17, 15) is 0 Å². The maximum atomic E-state index is 4.73. The molecule has 0 unspecified atom stereocenters. The van der Waals surface area contributed by atoms with Gasteiger partial charge in [-0.1, -0.05) is 130 Å². The Bertz CT molecular complexity index is 2680. The lowest BCUT2D eigenvalue weighted by molar-refractivity contribution is 0.537. The second-order valence-electron chi connectivity index (χ2n) is 13.4. The molecule has 6 aromatic carbocycles. The van der Waals surface area contributed by atoms with E-state index in [1.807, 2.05) is 11.3 Å². The molecule has 0 N–H and O–H groups in total. The molecular formula is C44H31NS. The van der Waals surface area contributed by atoms with Crippen LogP contribution < -0.4 is 0 Å². The molecule has 0 radical (unpaired) electrons. The van der Waals surface area contributed by atoms with Crippen molar-refractivity contribution in [3.8, 4) is 27.9 Å². The zero-order chi connectivity index (χ0) is 30.7. The molecule has 0 saturated carbocycles. The average molecular weight is 606 g/mol. The van der Waals surface area contributed by atoms with Crippen molar-refractivity contribution >= 4 is 69.7 Å². The molecule has 2 aliphatic carbocycles. The van der Waals surface area contributed by atoms with Gasteiger partial charge in [-0.25, -0.2) is 0 Å². The topological polar surface area (TPSA) is 4.93 Å². The van der Waals surface area contributed by atoms with E-state index in [2.05, 4.69) is 146 Å². The summed E-state index contributed by atoms with van der Waals surface area (Å²) in [5.74, 6) is 0. The molecule has 2 aliphatic rings. The van der Waals surface area contributed by atoms with Gasteiger partial charge in [0.1, 0.15) is 0 Å². The highest BCUT2D eigenvalue weighted by molar-refractivity contribution is 7.26. The van der Waals surface area contributed by atoms with Crippen LogP contribution in [0.2, 0.25) is 0 Å². The molecular weight excluding hydrogens is 575 g/mol. The van der Waals surface area contributed by atoms with Gasteiger partial charge in [0.05, 0.1) is 16.7 Å². The fourth-order valence-electron chi connectivity index (χ4n) is 8.43. The highest BCUT2D eigenvalue weighted by Crippen LogP contribution is 2.54. The Kier molecular flexibility index (Phi) is 5.21. The summed E-state index contributed by atoms with van der Waals surface area (Å²) in [6.07, 6.45) is 9.81. The van der Waals surface area contributed by atoms with Crippen molar-refractivity contribution in [2.24, 2.45) is 0 Å². The molecule has 2 heteroatoms. The van der Waals surface area contributed by atoms with Crippen molar-refractivity contribution in [3.05, 3.63) is 145 Å². The number of rotatable bonds is 1. The van der Waals surface area contributed by atoms with Crippen LogP contribution in [-0.2, 0) is 5.41 Å². The molecule has 0 amide bonds. The van der Waals surface area contributed by atoms with E-state index in [-0.39, 0.29) is 5.41 Å². The lowest BCUT2D eigenvalue weighted by Gasteiger charge is -2.30. The van der Waals surface area contributed by atoms with Gasteiger partial charge < -0.3 is 4.57 Å². The van der Waals surface area contributed by atoms with Crippen LogP contribution >= 0.6 is 11.3 Å². The third-order valence-corrected chi connectivity index (χ3v) is 11.6. The SMILES string of the molecule is C=C1/C=C\C=C/CC(C)(C)c2c1c1sc3ccccc3c1c1c3ccccc3n(-c3ccc4c5c(cccc35)-c3ccccc3-4)c21. The van der Waals surface area contributed by atoms with Crippen LogP contribution in [-0.4, -0.2) is 4.57 Å². The number of thiophene rings is 1. The number of hydrogen-bond acceptors (Lipinski definition) is 1. The molecule has 46 heavy (non-hydrogen) atoms. The Hall–Kier alpha value is -5.18. The number of allylic oxidation sites excluding steroid dienone is 5. The summed E-state index contributed by atoms with van der Waals surface area (Å²) in [5, 5.41) is 7.96. The van der Waals surface area contributed by atoms with Gasteiger partial charge in [-0.3, -0.25) is 0 Å². The highest BCUT2D eigenvalue weighted by Gasteiger charge is 2.34. The number of fused-ring (bicyclic) bond motifs is 13. The van der Waals surface area contributed by atoms with Crippen LogP contribution in [0.1, 0.15) is 31.4 Å². The normalized spacial score (nSPS) is 16.5. The Morgan fingerprint density at radius 3 is 2.20 bits per heavy atom. The molecule has 2 heterocycles. The number of aromatic nitrogens is 1. The third kappa shape index (κ3) is 3.29. The van der Waals surface area contributed by atoms with Crippen LogP contribution in [0.4, 0.5) is 0 Å². The largest absolute Gasteiger partial charge is 0.308 e. The van der Waals surface area contributed by atoms with Gasteiger partial charge in [0.15, 0.2) is 0 Å². The van der Waals surface area contributed by atoms with Crippen molar-refractivity contribution < 1.29 is 0 Å². The summed E-state index contributed by atoms with van der Waals surface area (Å²) in [6, 6.07) is 38.4. The number of hydrogen-bond donors (Lipinski definition) is 0. The van der Waals surface area contributed by atoms with E-state index in [4.69, 9.17) is 6.58 Å². The monoisotopic (exact) mass is 605 g/mol. The van der Waals surface area contributed by atoms with E-state index in [1.165, 1.54) is 91.8 Å². The van der Waals surface area contributed by atoms with Gasteiger partial charge in [-0.2, -0.15) is 0 Å². The molecule has 0 spiro atoms. The standard InChI is InChI=1S/C44H31NS/c1-26-14-5-4-12-25-44(2,3)41-37(26)43-40(33-18-9-11-22-36(33)46-43)39-32-17-8-10-21-34(32)45(42(39)41)35-24-23-30-28-16-7-6-15-27(28)29-19-13-20-31(35)38(29)30/h4-24H,1,25H2,2-3H3/b12-4-,14-5-. The summed E-state index contributed by atoms with van der Waals surface area (Å²) >= 11 is 1.92. The zero-order valence-corrected chi connectivity index (χ0v) is 26.7. The Morgan fingerprint density at radius 1 is 0.652 bits per heavy atom. The first kappa shape index (κ1) is 26.1. The summed E-state index contributed by atoms with van der Waals surface area (Å²) in [4.78, 5) is 0. The predicted molar refractivity (Wildman–Crippen MR) is 201 cm³/mol. The van der Waals surface area contributed by atoms with Gasteiger partial charge in [0.25, 0.3) is 0 Å². The van der Waals surface area contributed by atoms with Crippen LogP contribution in [0.15, 0.2) is 134 Å². The average Bonchev–Trinajstić information content (AvgIpc) is 3.73. The highest BCUT2D eigenvalue weighted by atomic mass is 32.1. The Labute approximate surface area is 272 Å². The van der Waals surface area contributed by atoms with Crippen LogP contribution in [0.25, 0.3) is 86.3 Å². The fraction of sp³-hybridized carbons (Fsp3) is 0.0909. The molecule has 10 rings (SSSR count). The quantitative estimate of drug-likeness (QED) is 0.175. The van der Waals surface area contributed by atoms with E-state index in [0.717, 1.165) is 12.0 Å². The van der Waals surface area contributed by atoms with Crippen LogP contribution in [0, 0.1) is 0 Å². The van der Waals surface area contributed by atoms with Crippen molar-refractivity contribution in [2.75, 3.05) is 0 Å². The van der Waals surface area contributed by atoms with E-state index in [1.54, 1.807) is 0 Å². The van der Waals surface area contributed by atoms with E-state index < -0.39 is 0 Å². The maximum absolute atomic E-state index is 4.73. The van der Waals surface area contributed by atoms with Crippen LogP contribution in [0.5, 0.6) is 0 Å². The second-order valence-corrected chi connectivity index (χ2v) is 14.5. The minimum Gasteiger partial charge on any atom is -0.308 e. The number of para-hydroxylation sites is 1. The van der Waals surface area contributed by atoms with E-state index >= 15 is 0 Å². The molecule has 0 aliphatic heterocycles. The number of benzene rings is 6. The van der Waals surface area contributed by atoms with Crippen molar-refractivity contribution in [1.82, 2.24) is 4.57 Å². The third-order valence-electron chi connectivity index (χ3n) is 10.4. The van der Waals surface area contributed by atoms with E-state index in [0.29, 0.717) is 0 Å². The smallest absolute Gasteiger partial charge is 0.0592 e. The predicted octanol–water partition coefficient (Wildman–Crippen LogP) is 12.8. The second kappa shape index (κ2) is 9.19. The van der Waals surface area contributed by atoms with Crippen molar-refractivity contribution in [3.63, 3.8) is 0 Å². The Balaban J connectivity index is 1.48. The fourth-order valence-corrected chi connectivity index (χ4v) is 9.73. The lowest BCUT2D eigenvalue weighted by Crippen LogP contribution is -2.20. The molecule has 8 aromatic rings. The molecule has 218 valence electrons. The first-order valence-corrected chi connectivity index (χ1v) is 16.9. The molecule has 0 bridgehead atoms. The molecule has 0 saturated heterocycles. The van der Waals surface area contributed by atoms with Crippen molar-refractivity contribution in [1.29, 1.82) is 0 Å². The maximum Gasteiger partial charge on any atom is 0.0592 e.